The van der Waals surface area contributed by atoms with Crippen molar-refractivity contribution in [1.29, 1.82) is 0 Å². The second-order valence-corrected chi connectivity index (χ2v) is 9.62. The minimum Gasteiger partial charge on any atom is -0.481 e. The molecule has 12 N–H and O–H groups in total. The number of aliphatic carboxylic acids is 2. The number of hydrogen-bond donors (Lipinski definition) is 10. The van der Waals surface area contributed by atoms with Gasteiger partial charge in [0.2, 0.25) is 17.7 Å². The van der Waals surface area contributed by atoms with Crippen LogP contribution in [0.15, 0.2) is 35.5 Å². The van der Waals surface area contributed by atoms with E-state index >= 15 is 0 Å². The fourth-order valence-electron chi connectivity index (χ4n) is 3.95. The predicted octanol–water partition coefficient (Wildman–Crippen LogP) is -1.58. The molecule has 0 aliphatic rings. The van der Waals surface area contributed by atoms with Crippen molar-refractivity contribution in [2.75, 3.05) is 12.3 Å². The zero-order valence-electron chi connectivity index (χ0n) is 22.2. The van der Waals surface area contributed by atoms with Crippen LogP contribution in [-0.2, 0) is 30.4 Å². The SMILES string of the molecule is NC(N)=NCCCC(NC(=O)C(CS)NC(=O)C(N)Cc1c[nH]c2ccccc12)C(=O)NC(CCC(=O)O)C(=O)O. The number of para-hydroxylation sites is 1. The van der Waals surface area contributed by atoms with Crippen LogP contribution < -0.4 is 33.2 Å². The fourth-order valence-corrected chi connectivity index (χ4v) is 4.20. The lowest BCUT2D eigenvalue weighted by atomic mass is 10.0. The van der Waals surface area contributed by atoms with Gasteiger partial charge < -0.3 is 48.3 Å². The van der Waals surface area contributed by atoms with Gasteiger partial charge in [0.15, 0.2) is 5.96 Å². The largest absolute Gasteiger partial charge is 0.481 e. The fraction of sp³-hybridized carbons (Fsp3) is 0.440. The normalized spacial score (nSPS) is 13.8. The molecule has 0 saturated heterocycles. The molecule has 1 heterocycles. The number of aromatic nitrogens is 1. The van der Waals surface area contributed by atoms with Crippen LogP contribution in [0.25, 0.3) is 10.9 Å². The van der Waals surface area contributed by atoms with Crippen molar-refractivity contribution in [3.8, 4) is 0 Å². The molecular formula is C25H36N8O7S. The summed E-state index contributed by atoms with van der Waals surface area (Å²) < 4.78 is 0. The number of fused-ring (bicyclic) bond motifs is 1. The Kier molecular flexibility index (Phi) is 12.9. The van der Waals surface area contributed by atoms with Crippen molar-refractivity contribution in [2.45, 2.75) is 56.3 Å². The van der Waals surface area contributed by atoms with Crippen molar-refractivity contribution in [1.82, 2.24) is 20.9 Å². The summed E-state index contributed by atoms with van der Waals surface area (Å²) in [4.78, 5) is 68.2. The number of aromatic amines is 1. The number of carboxylic acids is 2. The standard InChI is InChI=1S/C25H36N8O7S/c26-15(10-13-11-30-16-5-2-1-4-14(13)16)21(36)33-19(12-41)23(38)31-17(6-3-9-29-25(27)28)22(37)32-18(24(39)40)7-8-20(34)35/h1-2,4-5,11,15,17-19,30,41H,3,6-10,12,26H2,(H,31,38)(H,32,37)(H,33,36)(H,34,35)(H,39,40)(H4,27,28,29). The van der Waals surface area contributed by atoms with Gasteiger partial charge in [-0.2, -0.15) is 12.6 Å². The average molecular weight is 593 g/mol. The van der Waals surface area contributed by atoms with E-state index in [0.29, 0.717) is 0 Å². The van der Waals surface area contributed by atoms with Crippen molar-refractivity contribution in [3.05, 3.63) is 36.0 Å². The summed E-state index contributed by atoms with van der Waals surface area (Å²) in [5.41, 5.74) is 18.4. The molecule has 41 heavy (non-hydrogen) atoms. The molecule has 0 spiro atoms. The third kappa shape index (κ3) is 10.6. The second-order valence-electron chi connectivity index (χ2n) is 9.26. The number of carbonyl (C=O) groups is 5. The highest BCUT2D eigenvalue weighted by molar-refractivity contribution is 7.80. The van der Waals surface area contributed by atoms with Crippen LogP contribution in [-0.4, -0.2) is 87.3 Å². The number of hydrogen-bond acceptors (Lipinski definition) is 8. The summed E-state index contributed by atoms with van der Waals surface area (Å²) in [6.07, 6.45) is 1.33. The molecule has 0 bridgehead atoms. The number of nitrogens with zero attached hydrogens (tertiary/aromatic N) is 1. The first-order valence-corrected chi connectivity index (χ1v) is 13.4. The summed E-state index contributed by atoms with van der Waals surface area (Å²) in [6, 6.07) is 2.61. The van der Waals surface area contributed by atoms with Crippen LogP contribution in [0.1, 0.15) is 31.2 Å². The van der Waals surface area contributed by atoms with Crippen molar-refractivity contribution in [3.63, 3.8) is 0 Å². The van der Waals surface area contributed by atoms with Gasteiger partial charge in [-0.05, 0) is 37.3 Å². The lowest BCUT2D eigenvalue weighted by Crippen LogP contribution is -2.57. The maximum atomic E-state index is 13.1. The maximum absolute atomic E-state index is 13.1. The lowest BCUT2D eigenvalue weighted by molar-refractivity contribution is -0.143. The molecule has 1 aromatic carbocycles. The first-order valence-electron chi connectivity index (χ1n) is 12.8. The summed E-state index contributed by atoms with van der Waals surface area (Å²) in [5, 5.41) is 26.5. The Morgan fingerprint density at radius 2 is 1.56 bits per heavy atom. The lowest BCUT2D eigenvalue weighted by Gasteiger charge is -2.24. The van der Waals surface area contributed by atoms with Gasteiger partial charge in [-0.3, -0.25) is 24.2 Å². The van der Waals surface area contributed by atoms with Crippen LogP contribution in [0.4, 0.5) is 0 Å². The van der Waals surface area contributed by atoms with Gasteiger partial charge in [0.25, 0.3) is 0 Å². The predicted molar refractivity (Wildman–Crippen MR) is 154 cm³/mol. The van der Waals surface area contributed by atoms with E-state index in [-0.39, 0.29) is 43.9 Å². The van der Waals surface area contributed by atoms with Crippen molar-refractivity contribution in [2.24, 2.45) is 22.2 Å². The van der Waals surface area contributed by atoms with Gasteiger partial charge in [0.1, 0.15) is 18.1 Å². The highest BCUT2D eigenvalue weighted by atomic mass is 32.1. The Bertz CT molecular complexity index is 1260. The van der Waals surface area contributed by atoms with Gasteiger partial charge in [0, 0.05) is 35.8 Å². The van der Waals surface area contributed by atoms with E-state index in [2.05, 4.69) is 38.6 Å². The van der Waals surface area contributed by atoms with E-state index < -0.39 is 60.2 Å². The smallest absolute Gasteiger partial charge is 0.326 e. The number of carboxylic acid groups (broad SMARTS) is 2. The topological polar surface area (TPSA) is 268 Å². The van der Waals surface area contributed by atoms with Gasteiger partial charge >= 0.3 is 11.9 Å². The molecule has 4 unspecified atom stereocenters. The number of amides is 3. The molecular weight excluding hydrogens is 556 g/mol. The van der Waals surface area contributed by atoms with E-state index in [1.165, 1.54) is 0 Å². The average Bonchev–Trinajstić information content (AvgIpc) is 3.32. The minimum atomic E-state index is -1.50. The molecule has 0 fully saturated rings. The molecule has 4 atom stereocenters. The van der Waals surface area contributed by atoms with E-state index in [9.17, 15) is 29.1 Å². The molecule has 0 aliphatic carbocycles. The Morgan fingerprint density at radius 1 is 0.927 bits per heavy atom. The molecule has 0 aliphatic heterocycles. The van der Waals surface area contributed by atoms with E-state index in [0.717, 1.165) is 16.5 Å². The quantitative estimate of drug-likeness (QED) is 0.0436. The molecule has 2 aromatic rings. The summed E-state index contributed by atoms with van der Waals surface area (Å²) in [5.74, 6) is -5.20. The maximum Gasteiger partial charge on any atom is 0.326 e. The molecule has 224 valence electrons. The number of nitrogens with one attached hydrogen (secondary N) is 4. The van der Waals surface area contributed by atoms with Crippen LogP contribution in [0.5, 0.6) is 0 Å². The molecule has 15 nitrogen and oxygen atoms in total. The number of aliphatic imine (C=N–C) groups is 1. The zero-order chi connectivity index (χ0) is 30.5. The number of guanidine groups is 1. The number of nitrogens with two attached hydrogens (primary N) is 3. The van der Waals surface area contributed by atoms with Crippen molar-refractivity contribution < 1.29 is 34.2 Å². The highest BCUT2D eigenvalue weighted by Crippen LogP contribution is 2.18. The Morgan fingerprint density at radius 3 is 2.20 bits per heavy atom. The van der Waals surface area contributed by atoms with E-state index in [1.807, 2.05) is 24.3 Å². The number of thiol groups is 1. The molecule has 3 amide bonds. The summed E-state index contributed by atoms with van der Waals surface area (Å²) >= 11 is 4.15. The molecule has 16 heteroatoms. The number of carbonyl (C=O) groups excluding carboxylic acids is 3. The van der Waals surface area contributed by atoms with Gasteiger partial charge in [0.05, 0.1) is 6.04 Å². The molecule has 1 aromatic heterocycles. The molecule has 0 saturated carbocycles. The number of rotatable bonds is 17. The monoisotopic (exact) mass is 592 g/mol. The van der Waals surface area contributed by atoms with E-state index in [4.69, 9.17) is 22.3 Å². The Balaban J connectivity index is 2.08. The van der Waals surface area contributed by atoms with Crippen LogP contribution in [0, 0.1) is 0 Å². The van der Waals surface area contributed by atoms with Gasteiger partial charge in [-0.15, -0.1) is 0 Å². The Hall–Kier alpha value is -4.31. The molecule has 2 rings (SSSR count). The summed E-state index contributed by atoms with van der Waals surface area (Å²) in [7, 11) is 0. The first-order chi connectivity index (χ1) is 19.4. The summed E-state index contributed by atoms with van der Waals surface area (Å²) in [6.45, 7) is 0.124. The van der Waals surface area contributed by atoms with Crippen LogP contribution >= 0.6 is 12.6 Å². The highest BCUT2D eigenvalue weighted by Gasteiger charge is 2.30. The third-order valence-electron chi connectivity index (χ3n) is 6.11. The minimum absolute atomic E-state index is 0.00688. The second kappa shape index (κ2) is 16.1. The molecule has 0 radical (unpaired) electrons. The van der Waals surface area contributed by atoms with Crippen molar-refractivity contribution >= 4 is 59.2 Å². The van der Waals surface area contributed by atoms with Gasteiger partial charge in [-0.25, -0.2) is 4.79 Å². The van der Waals surface area contributed by atoms with E-state index in [1.54, 1.807) is 6.20 Å². The first kappa shape index (κ1) is 32.9. The Labute approximate surface area is 241 Å². The zero-order valence-corrected chi connectivity index (χ0v) is 23.1. The third-order valence-corrected chi connectivity index (χ3v) is 6.47. The van der Waals surface area contributed by atoms with Gasteiger partial charge in [-0.1, -0.05) is 18.2 Å². The number of H-pyrrole nitrogens is 1. The van der Waals surface area contributed by atoms with Crippen LogP contribution in [0.2, 0.25) is 0 Å². The number of benzene rings is 1. The van der Waals surface area contributed by atoms with Crippen LogP contribution in [0.3, 0.4) is 0 Å².